The highest BCUT2D eigenvalue weighted by Gasteiger charge is 1.92. The average Bonchev–Trinajstić information content (AvgIpc) is 2.29. The minimum absolute atomic E-state index is 0.855. The maximum atomic E-state index is 3.90. The van der Waals surface area contributed by atoms with Gasteiger partial charge in [-0.15, -0.1) is 0 Å². The molecular weight excluding hydrogens is 182 g/mol. The Kier molecular flexibility index (Phi) is 4.69. The molecule has 0 aromatic heterocycles. The molecule has 1 N–H and O–H groups in total. The quantitative estimate of drug-likeness (QED) is 0.767. The molecule has 0 amide bonds. The third kappa shape index (κ3) is 4.03. The molecule has 1 aromatic rings. The highest BCUT2D eigenvalue weighted by Crippen LogP contribution is 2.11. The van der Waals surface area contributed by atoms with E-state index in [0.717, 1.165) is 18.7 Å². The first-order valence-corrected chi connectivity index (χ1v) is 5.38. The fourth-order valence-electron chi connectivity index (χ4n) is 1.29. The number of hydrogen-bond acceptors (Lipinski definition) is 1. The van der Waals surface area contributed by atoms with Crippen molar-refractivity contribution in [1.82, 2.24) is 5.32 Å². The summed E-state index contributed by atoms with van der Waals surface area (Å²) in [5.41, 5.74) is 3.67. The molecule has 1 aromatic carbocycles. The molecule has 1 rings (SSSR count). The summed E-state index contributed by atoms with van der Waals surface area (Å²) in [5, 5.41) is 3.26. The normalized spacial score (nSPS) is 11.2. The van der Waals surface area contributed by atoms with Crippen molar-refractivity contribution < 1.29 is 0 Å². The fraction of sp³-hybridized carbons (Fsp3) is 0.286. The van der Waals surface area contributed by atoms with Gasteiger partial charge in [0.05, 0.1) is 0 Å². The summed E-state index contributed by atoms with van der Waals surface area (Å²) in [6.45, 7) is 8.99. The third-order valence-electron chi connectivity index (χ3n) is 2.42. The second kappa shape index (κ2) is 6.07. The molecule has 15 heavy (non-hydrogen) atoms. The van der Waals surface area contributed by atoms with Crippen molar-refractivity contribution in [3.8, 4) is 0 Å². The van der Waals surface area contributed by atoms with E-state index < -0.39 is 0 Å². The summed E-state index contributed by atoms with van der Waals surface area (Å²) < 4.78 is 0. The predicted octanol–water partition coefficient (Wildman–Crippen LogP) is 3.60. The highest BCUT2D eigenvalue weighted by atomic mass is 14.9. The van der Waals surface area contributed by atoms with E-state index in [1.54, 1.807) is 0 Å². The standard InChI is InChI=1S/C14H19N/c1-4-13(3)15-11-10-12(2)14-8-6-5-7-9-14/h5-10,15H,3-4,11H2,1-2H3/b12-10-. The van der Waals surface area contributed by atoms with Crippen LogP contribution in [0.3, 0.4) is 0 Å². The lowest BCUT2D eigenvalue weighted by Gasteiger charge is -2.05. The van der Waals surface area contributed by atoms with Gasteiger partial charge in [0, 0.05) is 12.2 Å². The summed E-state index contributed by atoms with van der Waals surface area (Å²) in [7, 11) is 0. The molecule has 0 aliphatic heterocycles. The lowest BCUT2D eigenvalue weighted by molar-refractivity contribution is 0.850. The van der Waals surface area contributed by atoms with Crippen LogP contribution in [0.4, 0.5) is 0 Å². The highest BCUT2D eigenvalue weighted by molar-refractivity contribution is 5.63. The van der Waals surface area contributed by atoms with Crippen LogP contribution >= 0.6 is 0 Å². The van der Waals surface area contributed by atoms with Crippen molar-refractivity contribution in [3.63, 3.8) is 0 Å². The topological polar surface area (TPSA) is 12.0 Å². The molecule has 0 aliphatic carbocycles. The van der Waals surface area contributed by atoms with Gasteiger partial charge in [-0.2, -0.15) is 0 Å². The Balaban J connectivity index is 2.50. The van der Waals surface area contributed by atoms with Crippen LogP contribution in [-0.2, 0) is 0 Å². The first-order valence-electron chi connectivity index (χ1n) is 5.38. The van der Waals surface area contributed by atoms with Crippen molar-refractivity contribution in [2.45, 2.75) is 20.3 Å². The Morgan fingerprint density at radius 3 is 2.60 bits per heavy atom. The van der Waals surface area contributed by atoms with E-state index in [1.807, 2.05) is 6.07 Å². The van der Waals surface area contributed by atoms with Gasteiger partial charge in [-0.05, 0) is 24.5 Å². The lowest BCUT2D eigenvalue weighted by atomic mass is 10.1. The van der Waals surface area contributed by atoms with Gasteiger partial charge in [0.2, 0.25) is 0 Å². The molecule has 0 spiro atoms. The van der Waals surface area contributed by atoms with Crippen molar-refractivity contribution in [2.75, 3.05) is 6.54 Å². The monoisotopic (exact) mass is 201 g/mol. The van der Waals surface area contributed by atoms with Gasteiger partial charge >= 0.3 is 0 Å². The van der Waals surface area contributed by atoms with Crippen molar-refractivity contribution in [3.05, 3.63) is 54.2 Å². The summed E-state index contributed by atoms with van der Waals surface area (Å²) in [5.74, 6) is 0. The smallest absolute Gasteiger partial charge is 0.0333 e. The van der Waals surface area contributed by atoms with Gasteiger partial charge < -0.3 is 5.32 Å². The van der Waals surface area contributed by atoms with Crippen LogP contribution in [0.25, 0.3) is 5.57 Å². The van der Waals surface area contributed by atoms with Crippen LogP contribution in [-0.4, -0.2) is 6.54 Å². The molecule has 0 aliphatic rings. The molecular formula is C14H19N. The number of allylic oxidation sites excluding steroid dienone is 2. The SMILES string of the molecule is C=C(CC)NC/C=C(/C)c1ccccc1. The predicted molar refractivity (Wildman–Crippen MR) is 67.5 cm³/mol. The van der Waals surface area contributed by atoms with Crippen LogP contribution in [0.15, 0.2) is 48.7 Å². The second-order valence-electron chi connectivity index (χ2n) is 3.59. The minimum atomic E-state index is 0.855. The summed E-state index contributed by atoms with van der Waals surface area (Å²) in [6.07, 6.45) is 3.17. The van der Waals surface area contributed by atoms with Crippen LogP contribution in [0.5, 0.6) is 0 Å². The van der Waals surface area contributed by atoms with Gasteiger partial charge in [0.1, 0.15) is 0 Å². The maximum Gasteiger partial charge on any atom is 0.0333 e. The molecule has 0 saturated carbocycles. The molecule has 0 bridgehead atoms. The average molecular weight is 201 g/mol. The van der Waals surface area contributed by atoms with Crippen molar-refractivity contribution in [2.24, 2.45) is 0 Å². The van der Waals surface area contributed by atoms with Crippen LogP contribution < -0.4 is 5.32 Å². The Morgan fingerprint density at radius 1 is 1.33 bits per heavy atom. The molecule has 0 fully saturated rings. The zero-order valence-corrected chi connectivity index (χ0v) is 9.59. The van der Waals surface area contributed by atoms with Crippen molar-refractivity contribution in [1.29, 1.82) is 0 Å². The molecule has 1 nitrogen and oxygen atoms in total. The summed E-state index contributed by atoms with van der Waals surface area (Å²) in [6, 6.07) is 10.4. The largest absolute Gasteiger partial charge is 0.385 e. The first kappa shape index (κ1) is 11.6. The van der Waals surface area contributed by atoms with Gasteiger partial charge in [0.25, 0.3) is 0 Å². The van der Waals surface area contributed by atoms with Gasteiger partial charge in [-0.1, -0.05) is 49.9 Å². The molecule has 0 unspecified atom stereocenters. The van der Waals surface area contributed by atoms with Gasteiger partial charge in [-0.3, -0.25) is 0 Å². The second-order valence-corrected chi connectivity index (χ2v) is 3.59. The molecule has 1 heteroatoms. The van der Waals surface area contributed by atoms with Crippen molar-refractivity contribution >= 4 is 5.57 Å². The number of nitrogens with one attached hydrogen (secondary N) is 1. The van der Waals surface area contributed by atoms with E-state index in [9.17, 15) is 0 Å². The molecule has 0 saturated heterocycles. The van der Waals surface area contributed by atoms with E-state index in [4.69, 9.17) is 0 Å². The molecule has 0 atom stereocenters. The van der Waals surface area contributed by atoms with Crippen LogP contribution in [0.1, 0.15) is 25.8 Å². The molecule has 0 heterocycles. The van der Waals surface area contributed by atoms with Gasteiger partial charge in [0.15, 0.2) is 0 Å². The van der Waals surface area contributed by atoms with Gasteiger partial charge in [-0.25, -0.2) is 0 Å². The third-order valence-corrected chi connectivity index (χ3v) is 2.42. The Labute approximate surface area is 92.5 Å². The Morgan fingerprint density at radius 2 is 2.00 bits per heavy atom. The van der Waals surface area contributed by atoms with E-state index in [1.165, 1.54) is 11.1 Å². The Hall–Kier alpha value is -1.50. The molecule has 0 radical (unpaired) electrons. The van der Waals surface area contributed by atoms with Crippen LogP contribution in [0, 0.1) is 0 Å². The van der Waals surface area contributed by atoms with E-state index in [-0.39, 0.29) is 0 Å². The van der Waals surface area contributed by atoms with E-state index in [0.29, 0.717) is 0 Å². The maximum absolute atomic E-state index is 3.90. The molecule has 80 valence electrons. The summed E-state index contributed by atoms with van der Waals surface area (Å²) >= 11 is 0. The van der Waals surface area contributed by atoms with E-state index in [2.05, 4.69) is 56.1 Å². The number of rotatable bonds is 5. The lowest BCUT2D eigenvalue weighted by Crippen LogP contribution is -2.11. The zero-order chi connectivity index (χ0) is 11.1. The fourth-order valence-corrected chi connectivity index (χ4v) is 1.29. The first-order chi connectivity index (χ1) is 7.24. The van der Waals surface area contributed by atoms with Crippen LogP contribution in [0.2, 0.25) is 0 Å². The summed E-state index contributed by atoms with van der Waals surface area (Å²) in [4.78, 5) is 0. The number of hydrogen-bond donors (Lipinski definition) is 1. The Bertz CT molecular complexity index is 336. The zero-order valence-electron chi connectivity index (χ0n) is 9.59. The minimum Gasteiger partial charge on any atom is -0.385 e. The van der Waals surface area contributed by atoms with E-state index >= 15 is 0 Å². The number of benzene rings is 1.